The predicted octanol–water partition coefficient (Wildman–Crippen LogP) is 2.88. The van der Waals surface area contributed by atoms with Gasteiger partial charge in [0.05, 0.1) is 29.5 Å². The first-order valence-corrected chi connectivity index (χ1v) is 9.82. The van der Waals surface area contributed by atoms with Gasteiger partial charge in [0.15, 0.2) is 0 Å². The molecular formula is C22H22O7. The van der Waals surface area contributed by atoms with E-state index in [1.165, 1.54) is 6.92 Å². The molecule has 4 aliphatic rings. The Morgan fingerprint density at radius 1 is 1.31 bits per heavy atom. The number of ketones is 1. The van der Waals surface area contributed by atoms with Crippen molar-refractivity contribution in [2.24, 2.45) is 22.7 Å². The first kappa shape index (κ1) is 18.4. The minimum atomic E-state index is -0.916. The number of carbonyl (C=O) groups excluding carboxylic acids is 3. The van der Waals surface area contributed by atoms with Gasteiger partial charge in [-0.2, -0.15) is 0 Å². The van der Waals surface area contributed by atoms with Crippen LogP contribution in [0.15, 0.2) is 46.8 Å². The molecule has 5 rings (SSSR count). The van der Waals surface area contributed by atoms with Crippen LogP contribution in [0.1, 0.15) is 38.4 Å². The molecule has 3 fully saturated rings. The van der Waals surface area contributed by atoms with Gasteiger partial charge in [0.1, 0.15) is 12.4 Å². The van der Waals surface area contributed by atoms with E-state index >= 15 is 0 Å². The second-order valence-electron chi connectivity index (χ2n) is 8.48. The fourth-order valence-electron chi connectivity index (χ4n) is 5.81. The van der Waals surface area contributed by atoms with Gasteiger partial charge in [-0.05, 0) is 12.5 Å². The summed E-state index contributed by atoms with van der Waals surface area (Å²) in [5, 5.41) is 0. The molecule has 7 heteroatoms. The lowest BCUT2D eigenvalue weighted by molar-refractivity contribution is -0.214. The maximum Gasteiger partial charge on any atom is 0.334 e. The van der Waals surface area contributed by atoms with Crippen molar-refractivity contribution >= 4 is 17.7 Å². The third-order valence-electron chi connectivity index (χ3n) is 7.19. The average molecular weight is 398 g/mol. The first-order valence-electron chi connectivity index (χ1n) is 9.82. The Labute approximate surface area is 167 Å². The monoisotopic (exact) mass is 398 g/mol. The fourth-order valence-corrected chi connectivity index (χ4v) is 5.81. The molecule has 0 amide bonds. The Morgan fingerprint density at radius 3 is 2.86 bits per heavy atom. The fraction of sp³-hybridized carbons (Fsp3) is 0.500. The third kappa shape index (κ3) is 2.37. The van der Waals surface area contributed by atoms with Crippen LogP contribution < -0.4 is 0 Å². The topological polar surface area (TPSA) is 92.0 Å². The number of furan rings is 1. The molecule has 2 aliphatic heterocycles. The van der Waals surface area contributed by atoms with Crippen molar-refractivity contribution < 1.29 is 33.0 Å². The van der Waals surface area contributed by atoms with Gasteiger partial charge in [-0.3, -0.25) is 9.59 Å². The summed E-state index contributed by atoms with van der Waals surface area (Å²) in [5.74, 6) is -1.49. The SMILES string of the molecule is CC(=O)O[C@H]1O[C@@H](c2ccoc2)C[C@]12[C@H](C)C(=O)C[C@@]13COC(=O)C1=CC=C[C@H]32. The van der Waals surface area contributed by atoms with E-state index in [1.807, 2.05) is 25.1 Å². The Balaban J connectivity index is 1.66. The standard InChI is InChI=1S/C22H22O7/c1-12-16(24)8-21-11-27-19(25)15(21)4-3-5-18(21)22(12)9-17(14-6-7-26-10-14)29-20(22)28-13(2)23/h3-7,10,12,17-18,20H,8-9,11H2,1-2H3/t12-,17-,18-,20+,21-,22-/m1/s1. The van der Waals surface area contributed by atoms with Crippen LogP contribution in [0.5, 0.6) is 0 Å². The molecule has 2 spiro atoms. The predicted molar refractivity (Wildman–Crippen MR) is 98.0 cm³/mol. The summed E-state index contributed by atoms with van der Waals surface area (Å²) >= 11 is 0. The molecule has 0 bridgehead atoms. The molecular weight excluding hydrogens is 376 g/mol. The molecule has 0 unspecified atom stereocenters. The van der Waals surface area contributed by atoms with Gasteiger partial charge in [-0.25, -0.2) is 4.79 Å². The highest BCUT2D eigenvalue weighted by atomic mass is 16.7. The molecule has 7 nitrogen and oxygen atoms in total. The van der Waals surface area contributed by atoms with Gasteiger partial charge in [0.25, 0.3) is 0 Å². The normalized spacial score (nSPS) is 40.4. The number of Topliss-reactive ketones (excluding diaryl/α,β-unsaturated/α-hetero) is 1. The minimum Gasteiger partial charge on any atom is -0.472 e. The van der Waals surface area contributed by atoms with Crippen molar-refractivity contribution in [1.82, 2.24) is 0 Å². The smallest absolute Gasteiger partial charge is 0.334 e. The lowest BCUT2D eigenvalue weighted by Gasteiger charge is -2.54. The summed E-state index contributed by atoms with van der Waals surface area (Å²) in [4.78, 5) is 37.6. The van der Waals surface area contributed by atoms with Crippen LogP contribution in [-0.2, 0) is 28.6 Å². The Morgan fingerprint density at radius 2 is 2.14 bits per heavy atom. The van der Waals surface area contributed by atoms with E-state index in [-0.39, 0.29) is 36.8 Å². The van der Waals surface area contributed by atoms with Crippen LogP contribution in [0, 0.1) is 22.7 Å². The van der Waals surface area contributed by atoms with Crippen molar-refractivity contribution in [3.63, 3.8) is 0 Å². The van der Waals surface area contributed by atoms with Gasteiger partial charge in [0, 0.05) is 36.3 Å². The molecule has 0 N–H and O–H groups in total. The Bertz CT molecular complexity index is 942. The van der Waals surface area contributed by atoms with Gasteiger partial charge >= 0.3 is 11.9 Å². The molecule has 152 valence electrons. The lowest BCUT2D eigenvalue weighted by Crippen LogP contribution is -2.59. The van der Waals surface area contributed by atoms with Gasteiger partial charge in [-0.1, -0.05) is 25.2 Å². The van der Waals surface area contributed by atoms with Crippen molar-refractivity contribution in [2.45, 2.75) is 39.1 Å². The van der Waals surface area contributed by atoms with Crippen molar-refractivity contribution in [3.8, 4) is 0 Å². The molecule has 1 saturated carbocycles. The summed E-state index contributed by atoms with van der Waals surface area (Å²) in [7, 11) is 0. The van der Waals surface area contributed by atoms with E-state index in [4.69, 9.17) is 18.6 Å². The number of carbonyl (C=O) groups is 3. The van der Waals surface area contributed by atoms with Crippen molar-refractivity contribution in [2.75, 3.05) is 6.61 Å². The molecule has 29 heavy (non-hydrogen) atoms. The third-order valence-corrected chi connectivity index (χ3v) is 7.19. The van der Waals surface area contributed by atoms with Crippen LogP contribution in [0.3, 0.4) is 0 Å². The highest BCUT2D eigenvalue weighted by Crippen LogP contribution is 2.66. The molecule has 0 radical (unpaired) electrons. The zero-order chi connectivity index (χ0) is 20.4. The summed E-state index contributed by atoms with van der Waals surface area (Å²) in [5.41, 5.74) is -0.208. The van der Waals surface area contributed by atoms with Gasteiger partial charge in [-0.15, -0.1) is 0 Å². The van der Waals surface area contributed by atoms with Crippen molar-refractivity contribution in [3.05, 3.63) is 48.0 Å². The summed E-state index contributed by atoms with van der Waals surface area (Å²) in [6.45, 7) is 3.35. The first-order chi connectivity index (χ1) is 13.9. The number of fused-ring (bicyclic) bond motifs is 1. The largest absolute Gasteiger partial charge is 0.472 e. The zero-order valence-corrected chi connectivity index (χ0v) is 16.3. The van der Waals surface area contributed by atoms with E-state index in [9.17, 15) is 14.4 Å². The lowest BCUT2D eigenvalue weighted by atomic mass is 9.47. The summed E-state index contributed by atoms with van der Waals surface area (Å²) in [6, 6.07) is 1.81. The van der Waals surface area contributed by atoms with Crippen molar-refractivity contribution in [1.29, 1.82) is 0 Å². The second kappa shape index (κ2) is 6.16. The number of hydrogen-bond donors (Lipinski definition) is 0. The molecule has 1 aromatic heterocycles. The average Bonchev–Trinajstić information content (AvgIpc) is 3.39. The summed E-state index contributed by atoms with van der Waals surface area (Å²) in [6.07, 6.45) is 8.16. The number of allylic oxidation sites excluding steroid dienone is 3. The quantitative estimate of drug-likeness (QED) is 0.707. The maximum absolute atomic E-state index is 13.2. The molecule has 0 aromatic carbocycles. The number of ether oxygens (including phenoxy) is 3. The van der Waals surface area contributed by atoms with Gasteiger partial charge < -0.3 is 18.6 Å². The second-order valence-corrected chi connectivity index (χ2v) is 8.48. The minimum absolute atomic E-state index is 0.0225. The van der Waals surface area contributed by atoms with Crippen LogP contribution in [0.4, 0.5) is 0 Å². The molecule has 1 aromatic rings. The number of hydrogen-bond acceptors (Lipinski definition) is 7. The van der Waals surface area contributed by atoms with E-state index in [1.54, 1.807) is 18.6 Å². The van der Waals surface area contributed by atoms with E-state index < -0.39 is 29.0 Å². The number of rotatable bonds is 2. The molecule has 3 heterocycles. The summed E-state index contributed by atoms with van der Waals surface area (Å²) < 4.78 is 22.5. The number of cyclic esters (lactones) is 1. The van der Waals surface area contributed by atoms with E-state index in [2.05, 4.69) is 0 Å². The molecule has 6 atom stereocenters. The maximum atomic E-state index is 13.2. The van der Waals surface area contributed by atoms with Gasteiger partial charge in [0.2, 0.25) is 6.29 Å². The van der Waals surface area contributed by atoms with Crippen LogP contribution in [-0.4, -0.2) is 30.6 Å². The van der Waals surface area contributed by atoms with Crippen LogP contribution in [0.25, 0.3) is 0 Å². The Kier molecular flexibility index (Phi) is 3.90. The van der Waals surface area contributed by atoms with Crippen LogP contribution in [0.2, 0.25) is 0 Å². The van der Waals surface area contributed by atoms with Crippen LogP contribution >= 0.6 is 0 Å². The van der Waals surface area contributed by atoms with E-state index in [0.717, 1.165) is 5.56 Å². The Hall–Kier alpha value is -2.67. The zero-order valence-electron chi connectivity index (χ0n) is 16.3. The molecule has 2 saturated heterocycles. The van der Waals surface area contributed by atoms with E-state index in [0.29, 0.717) is 12.0 Å². The highest BCUT2D eigenvalue weighted by molar-refractivity contribution is 5.96. The highest BCUT2D eigenvalue weighted by Gasteiger charge is 2.70. The number of esters is 2. The molecule has 2 aliphatic carbocycles.